The van der Waals surface area contributed by atoms with Gasteiger partial charge in [-0.1, -0.05) is 43.3 Å². The van der Waals surface area contributed by atoms with E-state index in [4.69, 9.17) is 0 Å². The number of benzene rings is 2. The maximum absolute atomic E-state index is 12.1. The van der Waals surface area contributed by atoms with Crippen molar-refractivity contribution in [1.29, 1.82) is 0 Å². The van der Waals surface area contributed by atoms with Gasteiger partial charge in [-0.25, -0.2) is 0 Å². The predicted molar refractivity (Wildman–Crippen MR) is 93.6 cm³/mol. The van der Waals surface area contributed by atoms with Crippen LogP contribution in [-0.2, 0) is 16.0 Å². The van der Waals surface area contributed by atoms with E-state index in [0.717, 1.165) is 34.5 Å². The molecule has 0 saturated heterocycles. The zero-order valence-corrected chi connectivity index (χ0v) is 13.8. The third-order valence-electron chi connectivity index (χ3n) is 3.74. The van der Waals surface area contributed by atoms with Gasteiger partial charge in [0.1, 0.15) is 6.42 Å². The van der Waals surface area contributed by atoms with Crippen molar-refractivity contribution in [2.24, 2.45) is 0 Å². The number of carbonyl (C=O) groups is 2. The normalized spacial score (nSPS) is 10.2. The number of hydrogen-bond acceptors (Lipinski definition) is 2. The first-order chi connectivity index (χ1) is 11.0. The standard InChI is InChI=1S/C19H22N2O2/c1-4-15-10-5-6-11-16(15)20-17(22)12-18(23)21-19-13(2)8-7-9-14(19)3/h5-11H,4,12H2,1-3H3,(H,20,22)(H,21,23). The van der Waals surface area contributed by atoms with Crippen molar-refractivity contribution in [2.75, 3.05) is 10.6 Å². The van der Waals surface area contributed by atoms with Gasteiger partial charge in [0.15, 0.2) is 0 Å². The third kappa shape index (κ3) is 4.42. The van der Waals surface area contributed by atoms with E-state index >= 15 is 0 Å². The lowest BCUT2D eigenvalue weighted by Crippen LogP contribution is -2.22. The van der Waals surface area contributed by atoms with Crippen LogP contribution in [0, 0.1) is 13.8 Å². The van der Waals surface area contributed by atoms with E-state index in [9.17, 15) is 9.59 Å². The minimum Gasteiger partial charge on any atom is -0.325 e. The largest absolute Gasteiger partial charge is 0.325 e. The number of amides is 2. The Bertz CT molecular complexity index is 703. The highest BCUT2D eigenvalue weighted by molar-refractivity contribution is 6.08. The van der Waals surface area contributed by atoms with Crippen molar-refractivity contribution in [3.63, 3.8) is 0 Å². The molecule has 23 heavy (non-hydrogen) atoms. The maximum atomic E-state index is 12.1. The molecule has 2 amide bonds. The molecule has 2 N–H and O–H groups in total. The molecule has 0 aromatic heterocycles. The molecule has 0 spiro atoms. The third-order valence-corrected chi connectivity index (χ3v) is 3.74. The minimum atomic E-state index is -0.311. The van der Waals surface area contributed by atoms with Gasteiger partial charge in [-0.05, 0) is 43.0 Å². The van der Waals surface area contributed by atoms with Crippen molar-refractivity contribution in [3.05, 3.63) is 59.2 Å². The topological polar surface area (TPSA) is 58.2 Å². The summed E-state index contributed by atoms with van der Waals surface area (Å²) in [7, 11) is 0. The molecule has 0 aliphatic carbocycles. The van der Waals surface area contributed by atoms with Crippen LogP contribution in [0.1, 0.15) is 30.0 Å². The molecule has 0 unspecified atom stereocenters. The Balaban J connectivity index is 1.99. The average molecular weight is 310 g/mol. The van der Waals surface area contributed by atoms with Gasteiger partial charge in [-0.3, -0.25) is 9.59 Å². The molecule has 0 heterocycles. The molecule has 120 valence electrons. The minimum absolute atomic E-state index is 0.203. The van der Waals surface area contributed by atoms with E-state index in [1.54, 1.807) is 0 Å². The van der Waals surface area contributed by atoms with Gasteiger partial charge in [0.2, 0.25) is 11.8 Å². The van der Waals surface area contributed by atoms with E-state index in [1.807, 2.05) is 63.2 Å². The Morgan fingerprint density at radius 1 is 0.870 bits per heavy atom. The number of anilines is 2. The molecule has 4 nitrogen and oxygen atoms in total. The predicted octanol–water partition coefficient (Wildman–Crippen LogP) is 3.83. The Kier molecular flexibility index (Phi) is 5.52. The fourth-order valence-electron chi connectivity index (χ4n) is 2.49. The second kappa shape index (κ2) is 7.58. The zero-order valence-electron chi connectivity index (χ0n) is 13.8. The Labute approximate surface area is 136 Å². The number of aryl methyl sites for hydroxylation is 3. The number of hydrogen-bond donors (Lipinski definition) is 2. The van der Waals surface area contributed by atoms with Gasteiger partial charge in [-0.15, -0.1) is 0 Å². The first-order valence-corrected chi connectivity index (χ1v) is 7.75. The number of nitrogens with one attached hydrogen (secondary N) is 2. The van der Waals surface area contributed by atoms with Gasteiger partial charge in [0.25, 0.3) is 0 Å². The summed E-state index contributed by atoms with van der Waals surface area (Å²) in [5, 5.41) is 5.63. The maximum Gasteiger partial charge on any atom is 0.233 e. The Hall–Kier alpha value is -2.62. The lowest BCUT2D eigenvalue weighted by atomic mass is 10.1. The van der Waals surface area contributed by atoms with Crippen molar-refractivity contribution in [2.45, 2.75) is 33.6 Å². The fourth-order valence-corrected chi connectivity index (χ4v) is 2.49. The number of para-hydroxylation sites is 2. The van der Waals surface area contributed by atoms with Crippen molar-refractivity contribution in [3.8, 4) is 0 Å². The van der Waals surface area contributed by atoms with Crippen molar-refractivity contribution in [1.82, 2.24) is 0 Å². The number of rotatable bonds is 5. The van der Waals surface area contributed by atoms with Crippen LogP contribution in [0.25, 0.3) is 0 Å². The van der Waals surface area contributed by atoms with E-state index < -0.39 is 0 Å². The van der Waals surface area contributed by atoms with Crippen LogP contribution in [0.15, 0.2) is 42.5 Å². The molecule has 0 atom stereocenters. The van der Waals surface area contributed by atoms with Gasteiger partial charge in [0.05, 0.1) is 0 Å². The summed E-state index contributed by atoms with van der Waals surface area (Å²) in [5.41, 5.74) is 4.56. The van der Waals surface area contributed by atoms with Crippen LogP contribution in [0.5, 0.6) is 0 Å². The van der Waals surface area contributed by atoms with Crippen molar-refractivity contribution >= 4 is 23.2 Å². The smallest absolute Gasteiger partial charge is 0.233 e. The van der Waals surface area contributed by atoms with Crippen LogP contribution >= 0.6 is 0 Å². The summed E-state index contributed by atoms with van der Waals surface area (Å²) in [6.07, 6.45) is 0.622. The second-order valence-corrected chi connectivity index (χ2v) is 5.55. The van der Waals surface area contributed by atoms with Gasteiger partial charge in [-0.2, -0.15) is 0 Å². The summed E-state index contributed by atoms with van der Waals surface area (Å²) in [6, 6.07) is 13.4. The van der Waals surface area contributed by atoms with Gasteiger partial charge in [0, 0.05) is 11.4 Å². The molecule has 2 rings (SSSR count). The molecule has 0 bridgehead atoms. The molecule has 0 radical (unpaired) electrons. The summed E-state index contributed by atoms with van der Waals surface area (Å²) >= 11 is 0. The summed E-state index contributed by atoms with van der Waals surface area (Å²) < 4.78 is 0. The van der Waals surface area contributed by atoms with E-state index in [2.05, 4.69) is 10.6 Å². The van der Waals surface area contributed by atoms with Crippen LogP contribution < -0.4 is 10.6 Å². The lowest BCUT2D eigenvalue weighted by molar-refractivity contribution is -0.123. The average Bonchev–Trinajstić information content (AvgIpc) is 2.51. The first kappa shape index (κ1) is 16.7. The SMILES string of the molecule is CCc1ccccc1NC(=O)CC(=O)Nc1c(C)cccc1C. The van der Waals surface area contributed by atoms with Crippen molar-refractivity contribution < 1.29 is 9.59 Å². The van der Waals surface area contributed by atoms with Gasteiger partial charge >= 0.3 is 0 Å². The highest BCUT2D eigenvalue weighted by Crippen LogP contribution is 2.20. The van der Waals surface area contributed by atoms with E-state index in [1.165, 1.54) is 0 Å². The highest BCUT2D eigenvalue weighted by atomic mass is 16.2. The zero-order chi connectivity index (χ0) is 16.8. The summed E-state index contributed by atoms with van der Waals surface area (Å²) in [4.78, 5) is 24.2. The molecule has 2 aromatic carbocycles. The fraction of sp³-hybridized carbons (Fsp3) is 0.263. The molecule has 4 heteroatoms. The molecule has 0 aliphatic heterocycles. The highest BCUT2D eigenvalue weighted by Gasteiger charge is 2.13. The van der Waals surface area contributed by atoms with Crippen LogP contribution in [0.4, 0.5) is 11.4 Å². The first-order valence-electron chi connectivity index (χ1n) is 7.75. The lowest BCUT2D eigenvalue weighted by Gasteiger charge is -2.12. The Morgan fingerprint density at radius 2 is 1.48 bits per heavy atom. The molecular weight excluding hydrogens is 288 g/mol. The van der Waals surface area contributed by atoms with Crippen LogP contribution in [-0.4, -0.2) is 11.8 Å². The summed E-state index contributed by atoms with van der Waals surface area (Å²) in [6.45, 7) is 5.89. The second-order valence-electron chi connectivity index (χ2n) is 5.55. The molecule has 0 fully saturated rings. The van der Waals surface area contributed by atoms with Gasteiger partial charge < -0.3 is 10.6 Å². The van der Waals surface area contributed by atoms with Crippen LogP contribution in [0.3, 0.4) is 0 Å². The number of carbonyl (C=O) groups excluding carboxylic acids is 2. The molecule has 0 aliphatic rings. The quantitative estimate of drug-likeness (QED) is 0.825. The Morgan fingerprint density at radius 3 is 2.13 bits per heavy atom. The summed E-state index contributed by atoms with van der Waals surface area (Å²) in [5.74, 6) is -0.622. The molecule has 0 saturated carbocycles. The van der Waals surface area contributed by atoms with E-state index in [0.29, 0.717) is 0 Å². The molecule has 2 aromatic rings. The van der Waals surface area contributed by atoms with Crippen LogP contribution in [0.2, 0.25) is 0 Å². The monoisotopic (exact) mass is 310 g/mol. The molecular formula is C19H22N2O2. The van der Waals surface area contributed by atoms with E-state index in [-0.39, 0.29) is 18.2 Å².